The van der Waals surface area contributed by atoms with Crippen LogP contribution in [0.4, 0.5) is 5.69 Å². The SMILES string of the molecule is CNc1cccnc1S(=O)(=O)N(C)C(C)C(C)C. The minimum Gasteiger partial charge on any atom is -0.386 e. The van der Waals surface area contributed by atoms with Gasteiger partial charge in [0, 0.05) is 26.3 Å². The molecule has 1 aromatic heterocycles. The molecule has 0 amide bonds. The molecule has 102 valence electrons. The fourth-order valence-electron chi connectivity index (χ4n) is 1.56. The van der Waals surface area contributed by atoms with Crippen LogP contribution in [0.5, 0.6) is 0 Å². The van der Waals surface area contributed by atoms with E-state index >= 15 is 0 Å². The minimum atomic E-state index is -3.57. The van der Waals surface area contributed by atoms with E-state index in [4.69, 9.17) is 0 Å². The van der Waals surface area contributed by atoms with Gasteiger partial charge in [-0.05, 0) is 25.0 Å². The zero-order valence-electron chi connectivity index (χ0n) is 11.5. The molecule has 0 aliphatic heterocycles. The van der Waals surface area contributed by atoms with Gasteiger partial charge in [-0.25, -0.2) is 13.4 Å². The summed E-state index contributed by atoms with van der Waals surface area (Å²) in [5, 5.41) is 2.93. The van der Waals surface area contributed by atoms with Gasteiger partial charge in [-0.2, -0.15) is 4.31 Å². The molecule has 0 spiro atoms. The molecule has 0 bridgehead atoms. The Labute approximate surface area is 109 Å². The van der Waals surface area contributed by atoms with E-state index < -0.39 is 10.0 Å². The molecular weight excluding hydrogens is 250 g/mol. The maximum Gasteiger partial charge on any atom is 0.262 e. The molecular formula is C12H21N3O2S. The predicted molar refractivity (Wildman–Crippen MR) is 73.0 cm³/mol. The lowest BCUT2D eigenvalue weighted by Gasteiger charge is -2.27. The van der Waals surface area contributed by atoms with E-state index in [1.807, 2.05) is 20.8 Å². The van der Waals surface area contributed by atoms with Gasteiger partial charge in [0.1, 0.15) is 0 Å². The molecule has 5 nitrogen and oxygen atoms in total. The van der Waals surface area contributed by atoms with Gasteiger partial charge in [0.05, 0.1) is 5.69 Å². The van der Waals surface area contributed by atoms with Crippen LogP contribution < -0.4 is 5.32 Å². The van der Waals surface area contributed by atoms with Crippen LogP contribution in [-0.4, -0.2) is 37.8 Å². The van der Waals surface area contributed by atoms with Crippen LogP contribution in [0, 0.1) is 5.92 Å². The first-order valence-electron chi connectivity index (χ1n) is 5.93. The highest BCUT2D eigenvalue weighted by Gasteiger charge is 2.29. The Morgan fingerprint density at radius 3 is 2.44 bits per heavy atom. The number of anilines is 1. The monoisotopic (exact) mass is 271 g/mol. The lowest BCUT2D eigenvalue weighted by atomic mass is 10.1. The average Bonchev–Trinajstić information content (AvgIpc) is 2.36. The van der Waals surface area contributed by atoms with Crippen molar-refractivity contribution in [2.24, 2.45) is 5.92 Å². The number of hydrogen-bond donors (Lipinski definition) is 1. The lowest BCUT2D eigenvalue weighted by molar-refractivity contribution is 0.315. The summed E-state index contributed by atoms with van der Waals surface area (Å²) in [6.45, 7) is 5.88. The van der Waals surface area contributed by atoms with E-state index in [0.29, 0.717) is 5.69 Å². The number of hydrogen-bond acceptors (Lipinski definition) is 4. The lowest BCUT2D eigenvalue weighted by Crippen LogP contribution is -2.38. The number of nitrogens with one attached hydrogen (secondary N) is 1. The van der Waals surface area contributed by atoms with Crippen molar-refractivity contribution < 1.29 is 8.42 Å². The van der Waals surface area contributed by atoms with E-state index in [1.54, 1.807) is 26.2 Å². The summed E-state index contributed by atoms with van der Waals surface area (Å²) in [4.78, 5) is 3.99. The standard InChI is InChI=1S/C12H21N3O2S/c1-9(2)10(3)15(5)18(16,17)12-11(13-4)7-6-8-14-12/h6-10,13H,1-5H3. The molecule has 6 heteroatoms. The fourth-order valence-corrected chi connectivity index (χ4v) is 3.16. The second-order valence-electron chi connectivity index (χ2n) is 4.61. The van der Waals surface area contributed by atoms with E-state index in [9.17, 15) is 8.42 Å². The first kappa shape index (κ1) is 14.9. The Bertz CT molecular complexity index is 500. The highest BCUT2D eigenvalue weighted by Crippen LogP contribution is 2.23. The third-order valence-corrected chi connectivity index (χ3v) is 5.11. The molecule has 1 rings (SSSR count). The topological polar surface area (TPSA) is 62.3 Å². The summed E-state index contributed by atoms with van der Waals surface area (Å²) in [5.74, 6) is 0.242. The minimum absolute atomic E-state index is 0.0718. The predicted octanol–water partition coefficient (Wildman–Crippen LogP) is 1.79. The maximum atomic E-state index is 12.5. The molecule has 1 atom stereocenters. The molecule has 0 aromatic carbocycles. The van der Waals surface area contributed by atoms with Crippen molar-refractivity contribution in [2.75, 3.05) is 19.4 Å². The van der Waals surface area contributed by atoms with Gasteiger partial charge in [0.2, 0.25) is 0 Å². The summed E-state index contributed by atoms with van der Waals surface area (Å²) in [6, 6.07) is 3.33. The second-order valence-corrected chi connectivity index (χ2v) is 6.52. The molecule has 0 aliphatic carbocycles. The summed E-state index contributed by atoms with van der Waals surface area (Å²) in [5.41, 5.74) is 0.514. The highest BCUT2D eigenvalue weighted by molar-refractivity contribution is 7.89. The van der Waals surface area contributed by atoms with Gasteiger partial charge in [-0.1, -0.05) is 13.8 Å². The molecule has 1 heterocycles. The maximum absolute atomic E-state index is 12.5. The van der Waals surface area contributed by atoms with Crippen molar-refractivity contribution in [3.8, 4) is 0 Å². The molecule has 0 aliphatic rings. The summed E-state index contributed by atoms with van der Waals surface area (Å²) in [7, 11) is -0.292. The van der Waals surface area contributed by atoms with Crippen molar-refractivity contribution >= 4 is 15.7 Å². The van der Waals surface area contributed by atoms with Crippen LogP contribution >= 0.6 is 0 Å². The van der Waals surface area contributed by atoms with E-state index in [1.165, 1.54) is 10.5 Å². The van der Waals surface area contributed by atoms with Gasteiger partial charge < -0.3 is 5.32 Å². The number of nitrogens with zero attached hydrogens (tertiary/aromatic N) is 2. The molecule has 0 radical (unpaired) electrons. The van der Waals surface area contributed by atoms with Crippen LogP contribution in [0.15, 0.2) is 23.4 Å². The van der Waals surface area contributed by atoms with Crippen molar-refractivity contribution in [3.05, 3.63) is 18.3 Å². The van der Waals surface area contributed by atoms with Crippen molar-refractivity contribution in [1.82, 2.24) is 9.29 Å². The number of rotatable bonds is 5. The number of sulfonamides is 1. The third-order valence-electron chi connectivity index (χ3n) is 3.20. The van der Waals surface area contributed by atoms with Crippen LogP contribution in [0.25, 0.3) is 0 Å². The number of aromatic nitrogens is 1. The summed E-state index contributed by atoms with van der Waals surface area (Å²) >= 11 is 0. The summed E-state index contributed by atoms with van der Waals surface area (Å²) < 4.78 is 26.3. The van der Waals surface area contributed by atoms with Crippen LogP contribution in [0.2, 0.25) is 0 Å². The molecule has 0 saturated carbocycles. The van der Waals surface area contributed by atoms with E-state index in [2.05, 4.69) is 10.3 Å². The molecule has 18 heavy (non-hydrogen) atoms. The first-order chi connectivity index (χ1) is 8.32. The molecule has 0 fully saturated rings. The zero-order chi connectivity index (χ0) is 13.9. The normalized spacial score (nSPS) is 13.9. The Morgan fingerprint density at radius 2 is 1.94 bits per heavy atom. The highest BCUT2D eigenvalue weighted by atomic mass is 32.2. The van der Waals surface area contributed by atoms with Crippen molar-refractivity contribution in [3.63, 3.8) is 0 Å². The van der Waals surface area contributed by atoms with Gasteiger partial charge in [0.15, 0.2) is 5.03 Å². The van der Waals surface area contributed by atoms with Gasteiger partial charge in [-0.15, -0.1) is 0 Å². The van der Waals surface area contributed by atoms with Crippen molar-refractivity contribution in [2.45, 2.75) is 31.8 Å². The van der Waals surface area contributed by atoms with E-state index in [0.717, 1.165) is 0 Å². The largest absolute Gasteiger partial charge is 0.386 e. The van der Waals surface area contributed by atoms with E-state index in [-0.39, 0.29) is 17.0 Å². The quantitative estimate of drug-likeness (QED) is 0.887. The van der Waals surface area contributed by atoms with Crippen LogP contribution in [-0.2, 0) is 10.0 Å². The number of pyridine rings is 1. The second kappa shape index (κ2) is 5.67. The average molecular weight is 271 g/mol. The van der Waals surface area contributed by atoms with Crippen molar-refractivity contribution in [1.29, 1.82) is 0 Å². The molecule has 1 N–H and O–H groups in total. The molecule has 1 aromatic rings. The molecule has 1 unspecified atom stereocenters. The first-order valence-corrected chi connectivity index (χ1v) is 7.37. The van der Waals surface area contributed by atoms with Gasteiger partial charge in [-0.3, -0.25) is 0 Å². The smallest absolute Gasteiger partial charge is 0.262 e. The zero-order valence-corrected chi connectivity index (χ0v) is 12.3. The summed E-state index contributed by atoms with van der Waals surface area (Å²) in [6.07, 6.45) is 1.49. The van der Waals surface area contributed by atoms with Crippen LogP contribution in [0.3, 0.4) is 0 Å². The van der Waals surface area contributed by atoms with Gasteiger partial charge in [0.25, 0.3) is 10.0 Å². The fraction of sp³-hybridized carbons (Fsp3) is 0.583. The molecule has 0 saturated heterocycles. The third kappa shape index (κ3) is 2.81. The Kier molecular flexibility index (Phi) is 4.70. The van der Waals surface area contributed by atoms with Crippen LogP contribution in [0.1, 0.15) is 20.8 Å². The Balaban J connectivity index is 3.21. The Morgan fingerprint density at radius 1 is 1.33 bits per heavy atom. The Hall–Kier alpha value is -1.14. The van der Waals surface area contributed by atoms with Gasteiger partial charge >= 0.3 is 0 Å².